The topological polar surface area (TPSA) is 27.7 Å². The second-order valence-corrected chi connectivity index (χ2v) is 21.4. The second kappa shape index (κ2) is 14.7. The highest BCUT2D eigenvalue weighted by Crippen LogP contribution is 2.15. The first-order valence-electron chi connectivity index (χ1n) is 15.0. The molecule has 0 saturated carbocycles. The summed E-state index contributed by atoms with van der Waals surface area (Å²) in [7, 11) is -9.82. The van der Waals surface area contributed by atoms with E-state index < -0.39 is 35.9 Å². The first-order valence-corrected chi connectivity index (χ1v) is 22.2. The Morgan fingerprint density at radius 2 is 0.659 bits per heavy atom. The summed E-state index contributed by atoms with van der Waals surface area (Å²) in [4.78, 5) is 0. The Morgan fingerprint density at radius 3 is 1.00 bits per heavy atom. The summed E-state index contributed by atoms with van der Waals surface area (Å²) >= 11 is 0. The van der Waals surface area contributed by atoms with Crippen LogP contribution in [-0.2, 0) is 12.3 Å². The molecule has 44 heavy (non-hydrogen) atoms. The number of hydrogen-bond acceptors (Lipinski definition) is 3. The van der Waals surface area contributed by atoms with Gasteiger partial charge in [0.25, 0.3) is 9.28 Å². The van der Waals surface area contributed by atoms with Crippen LogP contribution in [0.5, 0.6) is 0 Å². The van der Waals surface area contributed by atoms with E-state index in [1.807, 2.05) is 0 Å². The van der Waals surface area contributed by atoms with E-state index in [1.54, 1.807) is 0 Å². The molecule has 1 atom stereocenters. The van der Waals surface area contributed by atoms with Gasteiger partial charge in [-0.25, -0.2) is 0 Å². The third kappa shape index (κ3) is 7.06. The van der Waals surface area contributed by atoms with Crippen molar-refractivity contribution in [1.29, 1.82) is 0 Å². The van der Waals surface area contributed by atoms with Gasteiger partial charge in [-0.05, 0) is 37.7 Å². The van der Waals surface area contributed by atoms with Gasteiger partial charge in [-0.2, -0.15) is 0 Å². The Hall–Kier alpha value is -3.93. The van der Waals surface area contributed by atoms with Gasteiger partial charge in [0.05, 0.1) is 0 Å². The molecule has 3 nitrogen and oxygen atoms in total. The lowest BCUT2D eigenvalue weighted by Gasteiger charge is -2.38. The molecule has 0 bridgehead atoms. The van der Waals surface area contributed by atoms with Crippen LogP contribution in [0.15, 0.2) is 182 Å². The highest BCUT2D eigenvalue weighted by atomic mass is 28.5. The fourth-order valence-electron chi connectivity index (χ4n) is 5.59. The van der Waals surface area contributed by atoms with Crippen LogP contribution < -0.4 is 31.1 Å². The van der Waals surface area contributed by atoms with E-state index in [9.17, 15) is 0 Å². The Labute approximate surface area is 266 Å². The average molecular weight is 641 g/mol. The standard InChI is InChI=1S/C37H36O3Si4/c1-41(38-42(32-20-8-2-9-21-32)33-22-10-3-11-23-33)39-44(36-28-16-6-17-29-36,37-30-18-7-19-31-37)40-43(34-24-12-4-13-25-34)35-26-14-5-15-27-35/h2-31,41-43H,1H3. The first-order chi connectivity index (χ1) is 21.7. The fraction of sp³-hybridized carbons (Fsp3) is 0.0270. The minimum atomic E-state index is -3.29. The van der Waals surface area contributed by atoms with Gasteiger partial charge in [0.2, 0.25) is 18.1 Å². The van der Waals surface area contributed by atoms with Crippen molar-refractivity contribution in [3.8, 4) is 0 Å². The summed E-state index contributed by atoms with van der Waals surface area (Å²) in [5.41, 5.74) is 0. The lowest BCUT2D eigenvalue weighted by atomic mass is 10.4. The summed E-state index contributed by atoms with van der Waals surface area (Å²) in [5.74, 6) is 0. The highest BCUT2D eigenvalue weighted by molar-refractivity contribution is 7.02. The third-order valence-corrected chi connectivity index (χ3v) is 21.4. The number of rotatable bonds is 12. The minimum Gasteiger partial charge on any atom is -0.433 e. The maximum absolute atomic E-state index is 7.67. The van der Waals surface area contributed by atoms with Gasteiger partial charge in [0.15, 0.2) is 0 Å². The summed E-state index contributed by atoms with van der Waals surface area (Å²) in [5, 5.41) is 7.13. The van der Waals surface area contributed by atoms with E-state index in [2.05, 4.69) is 189 Å². The lowest BCUT2D eigenvalue weighted by molar-refractivity contribution is 0.379. The molecular formula is C37H36O3Si4. The van der Waals surface area contributed by atoms with Crippen LogP contribution >= 0.6 is 0 Å². The summed E-state index contributed by atoms with van der Waals surface area (Å²) in [6.45, 7) is 2.17. The average Bonchev–Trinajstić information content (AvgIpc) is 3.11. The third-order valence-electron chi connectivity index (χ3n) is 7.66. The number of hydrogen-bond donors (Lipinski definition) is 0. The van der Waals surface area contributed by atoms with Crippen molar-refractivity contribution in [2.45, 2.75) is 6.55 Å². The van der Waals surface area contributed by atoms with E-state index in [4.69, 9.17) is 12.3 Å². The molecule has 7 heteroatoms. The van der Waals surface area contributed by atoms with Crippen LogP contribution in [0.25, 0.3) is 0 Å². The first kappa shape index (κ1) is 30.1. The van der Waals surface area contributed by atoms with Gasteiger partial charge in [-0.1, -0.05) is 182 Å². The normalized spacial score (nSPS) is 12.3. The van der Waals surface area contributed by atoms with Crippen molar-refractivity contribution in [2.75, 3.05) is 0 Å². The van der Waals surface area contributed by atoms with Crippen LogP contribution in [0.1, 0.15) is 0 Å². The molecule has 0 aromatic heterocycles. The summed E-state index contributed by atoms with van der Waals surface area (Å²) in [6, 6.07) is 63.8. The molecule has 0 saturated heterocycles. The number of benzene rings is 6. The maximum Gasteiger partial charge on any atom is 0.388 e. The van der Waals surface area contributed by atoms with E-state index in [1.165, 1.54) is 20.7 Å². The predicted octanol–water partition coefficient (Wildman–Crippen LogP) is 3.22. The molecule has 0 heterocycles. The van der Waals surface area contributed by atoms with Crippen molar-refractivity contribution >= 4 is 67.0 Å². The van der Waals surface area contributed by atoms with Crippen molar-refractivity contribution in [3.63, 3.8) is 0 Å². The van der Waals surface area contributed by atoms with Gasteiger partial charge in [-0.15, -0.1) is 0 Å². The van der Waals surface area contributed by atoms with Gasteiger partial charge >= 0.3 is 8.56 Å². The van der Waals surface area contributed by atoms with E-state index in [-0.39, 0.29) is 0 Å². The molecule has 6 rings (SSSR count). The molecule has 1 unspecified atom stereocenters. The van der Waals surface area contributed by atoms with Crippen molar-refractivity contribution in [2.24, 2.45) is 0 Å². The van der Waals surface area contributed by atoms with Gasteiger partial charge in [0.1, 0.15) is 0 Å². The summed E-state index contributed by atoms with van der Waals surface area (Å²) in [6.07, 6.45) is 0. The van der Waals surface area contributed by atoms with Crippen molar-refractivity contribution in [3.05, 3.63) is 182 Å². The van der Waals surface area contributed by atoms with Crippen molar-refractivity contribution in [1.82, 2.24) is 0 Å². The molecule has 0 aliphatic carbocycles. The minimum absolute atomic E-state index is 1.09. The van der Waals surface area contributed by atoms with E-state index in [0.717, 1.165) is 10.4 Å². The fourth-order valence-corrected chi connectivity index (χ4v) is 20.9. The van der Waals surface area contributed by atoms with Crippen LogP contribution in [-0.4, -0.2) is 35.9 Å². The quantitative estimate of drug-likeness (QED) is 0.193. The zero-order valence-corrected chi connectivity index (χ0v) is 29.2. The zero-order valence-electron chi connectivity index (χ0n) is 24.8. The van der Waals surface area contributed by atoms with Crippen molar-refractivity contribution < 1.29 is 12.3 Å². The molecule has 0 aliphatic heterocycles. The molecule has 6 aromatic carbocycles. The van der Waals surface area contributed by atoms with E-state index in [0.29, 0.717) is 0 Å². The lowest BCUT2D eigenvalue weighted by Crippen LogP contribution is -2.70. The summed E-state index contributed by atoms with van der Waals surface area (Å²) < 4.78 is 22.3. The molecular weight excluding hydrogens is 605 g/mol. The van der Waals surface area contributed by atoms with Crippen LogP contribution in [0.3, 0.4) is 0 Å². The molecule has 0 radical (unpaired) electrons. The predicted molar refractivity (Wildman–Crippen MR) is 193 cm³/mol. The SMILES string of the molecule is C[SiH](O[SiH](c1ccccc1)c1ccccc1)O[Si](O[SiH](c1ccccc1)c1ccccc1)(c1ccccc1)c1ccccc1. The van der Waals surface area contributed by atoms with Gasteiger partial charge in [-0.3, -0.25) is 0 Å². The highest BCUT2D eigenvalue weighted by Gasteiger charge is 2.47. The van der Waals surface area contributed by atoms with Crippen LogP contribution in [0.4, 0.5) is 0 Å². The van der Waals surface area contributed by atoms with Crippen LogP contribution in [0.2, 0.25) is 6.55 Å². The molecule has 0 spiro atoms. The molecule has 218 valence electrons. The zero-order chi connectivity index (χ0) is 30.0. The molecule has 0 N–H and O–H groups in total. The van der Waals surface area contributed by atoms with Gasteiger partial charge < -0.3 is 12.3 Å². The monoisotopic (exact) mass is 640 g/mol. The Bertz CT molecular complexity index is 1580. The van der Waals surface area contributed by atoms with Crippen LogP contribution in [0, 0.1) is 0 Å². The van der Waals surface area contributed by atoms with E-state index >= 15 is 0 Å². The Balaban J connectivity index is 1.46. The second-order valence-electron chi connectivity index (χ2n) is 10.7. The van der Waals surface area contributed by atoms with Gasteiger partial charge in [0, 0.05) is 0 Å². The Morgan fingerprint density at radius 1 is 0.364 bits per heavy atom. The molecule has 0 fully saturated rings. The largest absolute Gasteiger partial charge is 0.433 e. The smallest absolute Gasteiger partial charge is 0.388 e. The molecule has 0 aliphatic rings. The Kier molecular flexibility index (Phi) is 10.1. The molecule has 6 aromatic rings. The maximum atomic E-state index is 7.67. The molecule has 0 amide bonds.